The maximum absolute atomic E-state index is 12.4. The minimum Gasteiger partial charge on any atom is -0.465 e. The zero-order valence-corrected chi connectivity index (χ0v) is 20.6. The number of hydrogen-bond acceptors (Lipinski definition) is 4. The molecule has 3 aliphatic rings. The topological polar surface area (TPSA) is 32.8 Å². The Morgan fingerprint density at radius 1 is 0.969 bits per heavy atom. The van der Waals surface area contributed by atoms with Gasteiger partial charge in [-0.2, -0.15) is 0 Å². The number of allylic oxidation sites excluding steroid dienone is 2. The molecule has 3 rings (SSSR count). The van der Waals surface area contributed by atoms with Gasteiger partial charge in [0, 0.05) is 25.0 Å². The monoisotopic (exact) mass is 441 g/mol. The molecule has 0 aromatic heterocycles. The van der Waals surface area contributed by atoms with Gasteiger partial charge in [0.15, 0.2) is 0 Å². The van der Waals surface area contributed by atoms with Gasteiger partial charge in [-0.3, -0.25) is 4.79 Å². The molecular weight excluding hydrogens is 396 g/mol. The van der Waals surface area contributed by atoms with Crippen LogP contribution in [0, 0.1) is 42.2 Å². The van der Waals surface area contributed by atoms with Crippen molar-refractivity contribution in [1.29, 1.82) is 0 Å². The van der Waals surface area contributed by atoms with E-state index in [2.05, 4.69) is 62.8 Å². The normalized spacial score (nSPS) is 34.7. The highest BCUT2D eigenvalue weighted by molar-refractivity contribution is 5.73. The molecule has 2 saturated carbocycles. The van der Waals surface area contributed by atoms with Crippen LogP contribution in [0.3, 0.4) is 0 Å². The van der Waals surface area contributed by atoms with Crippen LogP contribution in [-0.2, 0) is 9.53 Å². The lowest BCUT2D eigenvalue weighted by Gasteiger charge is -2.43. The molecule has 0 bridgehead atoms. The second-order valence-corrected chi connectivity index (χ2v) is 10.7. The van der Waals surface area contributed by atoms with Gasteiger partial charge in [-0.15, -0.1) is 13.2 Å². The summed E-state index contributed by atoms with van der Waals surface area (Å²) < 4.78 is 5.58. The summed E-state index contributed by atoms with van der Waals surface area (Å²) in [6, 6.07) is 0.629. The summed E-state index contributed by atoms with van der Waals surface area (Å²) in [5.41, 5.74) is 0. The van der Waals surface area contributed by atoms with E-state index in [1.54, 1.807) is 0 Å². The van der Waals surface area contributed by atoms with Crippen molar-refractivity contribution in [1.82, 2.24) is 9.80 Å². The summed E-state index contributed by atoms with van der Waals surface area (Å²) in [5.74, 6) is 2.90. The molecule has 1 radical (unpaired) electrons. The molecule has 2 aliphatic carbocycles. The van der Waals surface area contributed by atoms with E-state index in [9.17, 15) is 4.79 Å². The fourth-order valence-corrected chi connectivity index (χ4v) is 6.38. The molecular formula is C28H45N2O2. The largest absolute Gasteiger partial charge is 0.465 e. The molecule has 2 fully saturated rings. The van der Waals surface area contributed by atoms with Crippen molar-refractivity contribution in [3.05, 3.63) is 44.4 Å². The zero-order valence-electron chi connectivity index (χ0n) is 20.6. The Morgan fingerprint density at radius 2 is 1.69 bits per heavy atom. The van der Waals surface area contributed by atoms with E-state index in [1.165, 1.54) is 19.3 Å². The molecule has 3 unspecified atom stereocenters. The third-order valence-corrected chi connectivity index (χ3v) is 7.91. The third kappa shape index (κ3) is 6.42. The van der Waals surface area contributed by atoms with Crippen LogP contribution in [0.1, 0.15) is 72.1 Å². The predicted molar refractivity (Wildman–Crippen MR) is 132 cm³/mol. The van der Waals surface area contributed by atoms with Crippen molar-refractivity contribution in [2.24, 2.45) is 35.5 Å². The van der Waals surface area contributed by atoms with Gasteiger partial charge in [-0.1, -0.05) is 39.3 Å². The van der Waals surface area contributed by atoms with Crippen LogP contribution in [0.15, 0.2) is 37.7 Å². The average Bonchev–Trinajstić information content (AvgIpc) is 3.39. The van der Waals surface area contributed by atoms with Gasteiger partial charge in [0.2, 0.25) is 0 Å². The van der Waals surface area contributed by atoms with E-state index < -0.39 is 0 Å². The molecule has 0 spiro atoms. The Hall–Kier alpha value is -1.71. The lowest BCUT2D eigenvalue weighted by atomic mass is 9.73. The van der Waals surface area contributed by atoms with Crippen LogP contribution < -0.4 is 0 Å². The molecule has 179 valence electrons. The number of carbonyl (C=O) groups is 1. The Balaban J connectivity index is 1.25. The summed E-state index contributed by atoms with van der Waals surface area (Å²) in [7, 11) is 0. The van der Waals surface area contributed by atoms with Gasteiger partial charge < -0.3 is 14.5 Å². The standard InChI is InChI=1S/C28H45N2O2/c1-6-24-18-25(7-2)26(19-24)28(31)32-15-11-9-8-10-12-29-13-14-30(20-29)27-22(4)16-21(3)17-23(27)5/h6-7,13-14,20-27H,1-2,8-12,15-19H2,3-5H3/t21?,22-,23-,24?,25?,26?,27?/m1/s1. The summed E-state index contributed by atoms with van der Waals surface area (Å²) in [5, 5.41) is 0. The lowest BCUT2D eigenvalue weighted by Crippen LogP contribution is -2.44. The number of hydrogen-bond donors (Lipinski definition) is 0. The SMILES string of the molecule is C=CC1CC(C=C)C(C(=O)OCCCCCCN2[CH]N(C3[C@H](C)CC(C)C[C@H]3C)C=C2)C1. The number of nitrogens with zero attached hydrogens (tertiary/aromatic N) is 2. The quantitative estimate of drug-likeness (QED) is 0.211. The maximum Gasteiger partial charge on any atom is 0.309 e. The first-order chi connectivity index (χ1) is 15.4. The van der Waals surface area contributed by atoms with Gasteiger partial charge in [0.25, 0.3) is 0 Å². The van der Waals surface area contributed by atoms with Gasteiger partial charge in [-0.25, -0.2) is 0 Å². The van der Waals surface area contributed by atoms with Crippen molar-refractivity contribution >= 4 is 5.97 Å². The van der Waals surface area contributed by atoms with Gasteiger partial charge >= 0.3 is 5.97 Å². The van der Waals surface area contributed by atoms with Crippen LogP contribution in [0.5, 0.6) is 0 Å². The van der Waals surface area contributed by atoms with Crippen molar-refractivity contribution in [2.45, 2.75) is 78.2 Å². The molecule has 4 nitrogen and oxygen atoms in total. The maximum atomic E-state index is 12.4. The van der Waals surface area contributed by atoms with Crippen molar-refractivity contribution in [3.63, 3.8) is 0 Å². The zero-order chi connectivity index (χ0) is 23.1. The summed E-state index contributed by atoms with van der Waals surface area (Å²) in [6.07, 6.45) is 17.3. The highest BCUT2D eigenvalue weighted by Gasteiger charge is 2.37. The molecule has 0 N–H and O–H groups in total. The molecule has 4 heteroatoms. The van der Waals surface area contributed by atoms with E-state index in [1.807, 2.05) is 12.2 Å². The Labute approximate surface area is 196 Å². The van der Waals surface area contributed by atoms with E-state index >= 15 is 0 Å². The summed E-state index contributed by atoms with van der Waals surface area (Å²) in [6.45, 7) is 18.9. The predicted octanol–water partition coefficient (Wildman–Crippen LogP) is 6.38. The fourth-order valence-electron chi connectivity index (χ4n) is 6.38. The van der Waals surface area contributed by atoms with Crippen LogP contribution >= 0.6 is 0 Å². The van der Waals surface area contributed by atoms with Crippen molar-refractivity contribution < 1.29 is 9.53 Å². The van der Waals surface area contributed by atoms with Crippen LogP contribution in [0.4, 0.5) is 0 Å². The van der Waals surface area contributed by atoms with Gasteiger partial charge in [0.1, 0.15) is 6.67 Å². The first-order valence-electron chi connectivity index (χ1n) is 12.9. The van der Waals surface area contributed by atoms with E-state index in [0.717, 1.165) is 56.4 Å². The van der Waals surface area contributed by atoms with Crippen LogP contribution in [0.2, 0.25) is 0 Å². The molecule has 5 atom stereocenters. The molecule has 0 amide bonds. The molecule has 0 saturated heterocycles. The van der Waals surface area contributed by atoms with Crippen LogP contribution in [-0.4, -0.2) is 35.0 Å². The number of rotatable bonds is 11. The number of carbonyl (C=O) groups excluding carboxylic acids is 1. The Bertz CT molecular complexity index is 648. The molecule has 1 heterocycles. The first-order valence-corrected chi connectivity index (χ1v) is 12.9. The second-order valence-electron chi connectivity index (χ2n) is 10.7. The minimum absolute atomic E-state index is 0.0336. The molecule has 0 aromatic rings. The molecule has 0 aromatic carbocycles. The van der Waals surface area contributed by atoms with E-state index in [4.69, 9.17) is 4.74 Å². The summed E-state index contributed by atoms with van der Waals surface area (Å²) in [4.78, 5) is 17.2. The molecule has 32 heavy (non-hydrogen) atoms. The average molecular weight is 442 g/mol. The lowest BCUT2D eigenvalue weighted by molar-refractivity contribution is -0.149. The minimum atomic E-state index is -0.0447. The number of ether oxygens (including phenoxy) is 1. The van der Waals surface area contributed by atoms with Gasteiger partial charge in [0.05, 0.1) is 12.5 Å². The van der Waals surface area contributed by atoms with Crippen molar-refractivity contribution in [2.75, 3.05) is 13.2 Å². The van der Waals surface area contributed by atoms with E-state index in [-0.39, 0.29) is 17.8 Å². The first kappa shape index (κ1) is 24.9. The van der Waals surface area contributed by atoms with Crippen LogP contribution in [0.25, 0.3) is 0 Å². The van der Waals surface area contributed by atoms with Crippen molar-refractivity contribution in [3.8, 4) is 0 Å². The summed E-state index contributed by atoms with van der Waals surface area (Å²) >= 11 is 0. The number of unbranched alkanes of at least 4 members (excludes halogenated alkanes) is 3. The second kappa shape index (κ2) is 12.0. The Kier molecular flexibility index (Phi) is 9.31. The highest BCUT2D eigenvalue weighted by Crippen LogP contribution is 2.39. The smallest absolute Gasteiger partial charge is 0.309 e. The third-order valence-electron chi connectivity index (χ3n) is 7.91. The Morgan fingerprint density at radius 3 is 2.38 bits per heavy atom. The fraction of sp³-hybridized carbons (Fsp3) is 0.714. The van der Waals surface area contributed by atoms with Gasteiger partial charge in [-0.05, 0) is 74.5 Å². The molecule has 1 aliphatic heterocycles. The highest BCUT2D eigenvalue weighted by atomic mass is 16.5. The number of esters is 1. The van der Waals surface area contributed by atoms with E-state index in [0.29, 0.717) is 18.6 Å².